The predicted molar refractivity (Wildman–Crippen MR) is 72.5 cm³/mol. The zero-order chi connectivity index (χ0) is 13.8. The van der Waals surface area contributed by atoms with Crippen LogP contribution in [0.3, 0.4) is 0 Å². The molecular weight excluding hydrogens is 314 g/mol. The smallest absolute Gasteiger partial charge is 0.143 e. The van der Waals surface area contributed by atoms with E-state index in [2.05, 4.69) is 21.2 Å². The maximum absolute atomic E-state index is 13.8. The van der Waals surface area contributed by atoms with E-state index in [9.17, 15) is 8.78 Å². The average molecular weight is 323 g/mol. The van der Waals surface area contributed by atoms with Gasteiger partial charge in [-0.25, -0.2) is 8.78 Å². The summed E-state index contributed by atoms with van der Waals surface area (Å²) in [6.45, 7) is 0. The molecule has 96 valence electrons. The van der Waals surface area contributed by atoms with Crippen LogP contribution in [0, 0.1) is 23.0 Å². The van der Waals surface area contributed by atoms with Crippen molar-refractivity contribution >= 4 is 21.6 Å². The van der Waals surface area contributed by atoms with Gasteiger partial charge >= 0.3 is 0 Å². The van der Waals surface area contributed by atoms with Crippen molar-refractivity contribution in [3.63, 3.8) is 0 Å². The number of hydrogen-bond acceptors (Lipinski definition) is 2. The molecule has 0 aliphatic carbocycles. The highest BCUT2D eigenvalue weighted by atomic mass is 79.9. The molecule has 0 aromatic heterocycles. The molecule has 1 N–H and O–H groups in total. The van der Waals surface area contributed by atoms with Gasteiger partial charge in [-0.2, -0.15) is 5.26 Å². The van der Waals surface area contributed by atoms with Crippen LogP contribution in [0.25, 0.3) is 0 Å². The Morgan fingerprint density at radius 3 is 2.58 bits per heavy atom. The van der Waals surface area contributed by atoms with Crippen molar-refractivity contribution in [2.24, 2.45) is 0 Å². The van der Waals surface area contributed by atoms with E-state index in [1.165, 1.54) is 30.3 Å². The number of halogens is 3. The summed E-state index contributed by atoms with van der Waals surface area (Å²) >= 11 is 3.15. The Morgan fingerprint density at radius 1 is 1.16 bits per heavy atom. The molecule has 1 atom stereocenters. The van der Waals surface area contributed by atoms with E-state index in [-0.39, 0.29) is 5.56 Å². The Labute approximate surface area is 117 Å². The molecule has 5 heteroatoms. The van der Waals surface area contributed by atoms with E-state index in [1.807, 2.05) is 6.07 Å². The first-order valence-corrected chi connectivity index (χ1v) is 6.26. The fourth-order valence-electron chi connectivity index (χ4n) is 1.66. The normalized spacial score (nSPS) is 11.7. The zero-order valence-electron chi connectivity index (χ0n) is 9.70. The molecule has 0 saturated heterocycles. The van der Waals surface area contributed by atoms with Crippen LogP contribution in [-0.4, -0.2) is 0 Å². The summed E-state index contributed by atoms with van der Waals surface area (Å²) in [4.78, 5) is 0. The Bertz CT molecular complexity index is 638. The molecule has 2 aromatic carbocycles. The highest BCUT2D eigenvalue weighted by Crippen LogP contribution is 2.24. The summed E-state index contributed by atoms with van der Waals surface area (Å²) in [6.07, 6.45) is 0. The first-order chi connectivity index (χ1) is 9.10. The maximum atomic E-state index is 13.8. The maximum Gasteiger partial charge on any atom is 0.143 e. The lowest BCUT2D eigenvalue weighted by Crippen LogP contribution is -2.10. The predicted octanol–water partition coefficient (Wildman–Crippen LogP) is 4.40. The summed E-state index contributed by atoms with van der Waals surface area (Å²) in [5.74, 6) is -0.914. The minimum absolute atomic E-state index is 0.218. The summed E-state index contributed by atoms with van der Waals surface area (Å²) in [6, 6.07) is 11.2. The second-order valence-corrected chi connectivity index (χ2v) is 4.80. The summed E-state index contributed by atoms with van der Waals surface area (Å²) < 4.78 is 27.4. The van der Waals surface area contributed by atoms with Crippen LogP contribution in [0.15, 0.2) is 46.9 Å². The largest absolute Gasteiger partial charge is 0.366 e. The summed E-state index contributed by atoms with van der Waals surface area (Å²) in [5.41, 5.74) is 0.642. The third-order valence-corrected chi connectivity index (χ3v) is 3.03. The number of anilines is 1. The van der Waals surface area contributed by atoms with Crippen molar-refractivity contribution in [2.75, 3.05) is 5.32 Å². The van der Waals surface area contributed by atoms with Crippen LogP contribution in [0.5, 0.6) is 0 Å². The highest BCUT2D eigenvalue weighted by Gasteiger charge is 2.15. The zero-order valence-corrected chi connectivity index (χ0v) is 11.3. The lowest BCUT2D eigenvalue weighted by atomic mass is 10.1. The molecule has 0 heterocycles. The van der Waals surface area contributed by atoms with E-state index in [0.717, 1.165) is 0 Å². The van der Waals surface area contributed by atoms with Gasteiger partial charge in [0, 0.05) is 15.7 Å². The van der Waals surface area contributed by atoms with E-state index in [1.54, 1.807) is 12.1 Å². The second-order valence-electron chi connectivity index (χ2n) is 3.88. The van der Waals surface area contributed by atoms with Gasteiger partial charge < -0.3 is 5.32 Å². The van der Waals surface area contributed by atoms with Gasteiger partial charge in [0.15, 0.2) is 0 Å². The lowest BCUT2D eigenvalue weighted by Gasteiger charge is -2.14. The number of rotatable bonds is 3. The van der Waals surface area contributed by atoms with Crippen molar-refractivity contribution in [3.05, 3.63) is 64.1 Å². The van der Waals surface area contributed by atoms with Crippen molar-refractivity contribution < 1.29 is 8.78 Å². The molecule has 1 unspecified atom stereocenters. The quantitative estimate of drug-likeness (QED) is 0.908. The van der Waals surface area contributed by atoms with Gasteiger partial charge in [0.2, 0.25) is 0 Å². The van der Waals surface area contributed by atoms with E-state index in [4.69, 9.17) is 5.26 Å². The molecule has 19 heavy (non-hydrogen) atoms. The number of hydrogen-bond donors (Lipinski definition) is 1. The molecule has 0 amide bonds. The number of nitriles is 1. The SMILES string of the molecule is N#CC(Nc1cccc(F)c1)c1ccc(Br)cc1F. The van der Waals surface area contributed by atoms with Crippen molar-refractivity contribution in [1.82, 2.24) is 0 Å². The molecular formula is C14H9BrF2N2. The molecule has 0 aliphatic heterocycles. The van der Waals surface area contributed by atoms with Gasteiger partial charge in [-0.3, -0.25) is 0 Å². The molecule has 0 radical (unpaired) electrons. The van der Waals surface area contributed by atoms with Crippen LogP contribution in [0.2, 0.25) is 0 Å². The van der Waals surface area contributed by atoms with Crippen molar-refractivity contribution in [3.8, 4) is 6.07 Å². The molecule has 2 nitrogen and oxygen atoms in total. The summed E-state index contributed by atoms with van der Waals surface area (Å²) in [5, 5.41) is 11.9. The molecule has 0 spiro atoms. The standard InChI is InChI=1S/C14H9BrF2N2/c15-9-4-5-12(13(17)6-9)14(8-18)19-11-3-1-2-10(16)7-11/h1-7,14,19H. The first-order valence-electron chi connectivity index (χ1n) is 5.47. The molecule has 0 bridgehead atoms. The van der Waals surface area contributed by atoms with Crippen LogP contribution in [0.1, 0.15) is 11.6 Å². The monoisotopic (exact) mass is 322 g/mol. The molecule has 0 aliphatic rings. The highest BCUT2D eigenvalue weighted by molar-refractivity contribution is 9.10. The van der Waals surface area contributed by atoms with Crippen LogP contribution >= 0.6 is 15.9 Å². The fourth-order valence-corrected chi connectivity index (χ4v) is 1.99. The Morgan fingerprint density at radius 2 is 1.95 bits per heavy atom. The Kier molecular flexibility index (Phi) is 4.13. The van der Waals surface area contributed by atoms with Crippen LogP contribution < -0.4 is 5.32 Å². The molecule has 2 rings (SSSR count). The minimum atomic E-state index is -0.880. The third kappa shape index (κ3) is 3.30. The van der Waals surface area contributed by atoms with E-state index >= 15 is 0 Å². The topological polar surface area (TPSA) is 35.8 Å². The Hall–Kier alpha value is -1.93. The van der Waals surface area contributed by atoms with Crippen molar-refractivity contribution in [1.29, 1.82) is 5.26 Å². The van der Waals surface area contributed by atoms with Gasteiger partial charge in [0.1, 0.15) is 17.7 Å². The van der Waals surface area contributed by atoms with Gasteiger partial charge in [-0.1, -0.05) is 28.1 Å². The molecule has 0 fully saturated rings. The van der Waals surface area contributed by atoms with E-state index < -0.39 is 17.7 Å². The fraction of sp³-hybridized carbons (Fsp3) is 0.0714. The average Bonchev–Trinajstić information content (AvgIpc) is 2.37. The van der Waals surface area contributed by atoms with Crippen LogP contribution in [-0.2, 0) is 0 Å². The first kappa shape index (κ1) is 13.5. The second kappa shape index (κ2) is 5.81. The summed E-state index contributed by atoms with van der Waals surface area (Å²) in [7, 11) is 0. The number of nitrogens with zero attached hydrogens (tertiary/aromatic N) is 1. The lowest BCUT2D eigenvalue weighted by molar-refractivity contribution is 0.606. The Balaban J connectivity index is 2.28. The van der Waals surface area contributed by atoms with Crippen LogP contribution in [0.4, 0.5) is 14.5 Å². The minimum Gasteiger partial charge on any atom is -0.366 e. The van der Waals surface area contributed by atoms with Crippen molar-refractivity contribution in [2.45, 2.75) is 6.04 Å². The van der Waals surface area contributed by atoms with Gasteiger partial charge in [-0.15, -0.1) is 0 Å². The van der Waals surface area contributed by atoms with Gasteiger partial charge in [0.05, 0.1) is 6.07 Å². The molecule has 2 aromatic rings. The number of benzene rings is 2. The van der Waals surface area contributed by atoms with Gasteiger partial charge in [-0.05, 0) is 30.3 Å². The van der Waals surface area contributed by atoms with Gasteiger partial charge in [0.25, 0.3) is 0 Å². The third-order valence-electron chi connectivity index (χ3n) is 2.54. The van der Waals surface area contributed by atoms with E-state index in [0.29, 0.717) is 10.2 Å². The number of nitrogens with one attached hydrogen (secondary N) is 1. The molecule has 0 saturated carbocycles.